The summed E-state index contributed by atoms with van der Waals surface area (Å²) in [5.74, 6) is 0.803. The van der Waals surface area contributed by atoms with Crippen LogP contribution in [0, 0.1) is 12.8 Å². The Morgan fingerprint density at radius 2 is 2.00 bits per heavy atom. The molecule has 2 rings (SSSR count). The summed E-state index contributed by atoms with van der Waals surface area (Å²) in [6.45, 7) is 6.60. The van der Waals surface area contributed by atoms with Crippen molar-refractivity contribution in [1.82, 2.24) is 0 Å². The molecule has 2 nitrogen and oxygen atoms in total. The molecule has 0 heterocycles. The molecule has 1 aromatic carbocycles. The van der Waals surface area contributed by atoms with Gasteiger partial charge in [0, 0.05) is 5.54 Å². The van der Waals surface area contributed by atoms with Gasteiger partial charge in [-0.15, -0.1) is 0 Å². The van der Waals surface area contributed by atoms with Crippen molar-refractivity contribution in [2.24, 2.45) is 5.92 Å². The van der Waals surface area contributed by atoms with Crippen LogP contribution in [0.4, 0.5) is 11.4 Å². The van der Waals surface area contributed by atoms with Crippen molar-refractivity contribution < 1.29 is 0 Å². The molecular weight excluding hydrogens is 184 g/mol. The van der Waals surface area contributed by atoms with Crippen LogP contribution in [0.5, 0.6) is 0 Å². The summed E-state index contributed by atoms with van der Waals surface area (Å²) in [5, 5.41) is 3.56. The smallest absolute Gasteiger partial charge is 0.0580 e. The normalized spacial score (nSPS) is 16.5. The summed E-state index contributed by atoms with van der Waals surface area (Å²) in [6.07, 6.45) is 2.68. The lowest BCUT2D eigenvalue weighted by atomic mass is 9.98. The molecule has 0 amide bonds. The highest BCUT2D eigenvalue weighted by Gasteiger charge is 2.37. The maximum atomic E-state index is 5.95. The van der Waals surface area contributed by atoms with Crippen LogP contribution >= 0.6 is 0 Å². The highest BCUT2D eigenvalue weighted by atomic mass is 15.0. The molecule has 0 radical (unpaired) electrons. The monoisotopic (exact) mass is 204 g/mol. The zero-order valence-electron chi connectivity index (χ0n) is 9.80. The molecule has 0 bridgehead atoms. The second kappa shape index (κ2) is 3.44. The highest BCUT2D eigenvalue weighted by molar-refractivity contribution is 5.67. The van der Waals surface area contributed by atoms with Crippen molar-refractivity contribution >= 4 is 11.4 Å². The van der Waals surface area contributed by atoms with E-state index in [0.717, 1.165) is 17.3 Å². The van der Waals surface area contributed by atoms with Crippen molar-refractivity contribution in [3.8, 4) is 0 Å². The van der Waals surface area contributed by atoms with E-state index >= 15 is 0 Å². The fraction of sp³-hybridized carbons (Fsp3) is 0.538. The van der Waals surface area contributed by atoms with E-state index in [1.54, 1.807) is 0 Å². The van der Waals surface area contributed by atoms with Gasteiger partial charge in [-0.3, -0.25) is 0 Å². The summed E-state index contributed by atoms with van der Waals surface area (Å²) in [4.78, 5) is 0. The first-order valence-corrected chi connectivity index (χ1v) is 5.63. The minimum Gasteiger partial charge on any atom is -0.397 e. The van der Waals surface area contributed by atoms with Crippen molar-refractivity contribution in [3.05, 3.63) is 23.8 Å². The third-order valence-corrected chi connectivity index (χ3v) is 3.26. The topological polar surface area (TPSA) is 38.0 Å². The Morgan fingerprint density at radius 3 is 2.60 bits per heavy atom. The molecular formula is C13H20N2. The predicted octanol–water partition coefficient (Wildman–Crippen LogP) is 3.18. The fourth-order valence-corrected chi connectivity index (χ4v) is 2.03. The highest BCUT2D eigenvalue weighted by Crippen LogP contribution is 2.41. The molecule has 0 spiro atoms. The van der Waals surface area contributed by atoms with Crippen molar-refractivity contribution in [2.75, 3.05) is 11.1 Å². The predicted molar refractivity (Wildman–Crippen MR) is 66.0 cm³/mol. The molecule has 1 fully saturated rings. The quantitative estimate of drug-likeness (QED) is 0.742. The number of hydrogen-bond acceptors (Lipinski definition) is 2. The van der Waals surface area contributed by atoms with Gasteiger partial charge in [0.15, 0.2) is 0 Å². The van der Waals surface area contributed by atoms with Gasteiger partial charge in [-0.25, -0.2) is 0 Å². The first kappa shape index (κ1) is 10.3. The van der Waals surface area contributed by atoms with E-state index in [0.29, 0.717) is 0 Å². The molecule has 15 heavy (non-hydrogen) atoms. The summed E-state index contributed by atoms with van der Waals surface area (Å²) in [6, 6.07) is 6.14. The van der Waals surface area contributed by atoms with Crippen LogP contribution in [0.25, 0.3) is 0 Å². The Hall–Kier alpha value is -1.18. The first-order chi connectivity index (χ1) is 6.99. The Labute approximate surface area is 91.9 Å². The van der Waals surface area contributed by atoms with Crippen LogP contribution in [-0.4, -0.2) is 5.54 Å². The third-order valence-electron chi connectivity index (χ3n) is 3.26. The van der Waals surface area contributed by atoms with E-state index in [2.05, 4.69) is 32.2 Å². The van der Waals surface area contributed by atoms with Gasteiger partial charge in [-0.05, 0) is 57.2 Å². The molecule has 0 aliphatic heterocycles. The van der Waals surface area contributed by atoms with Crippen molar-refractivity contribution in [1.29, 1.82) is 0 Å². The number of rotatable bonds is 3. The molecule has 3 N–H and O–H groups in total. The number of nitrogen functional groups attached to an aromatic ring is 1. The summed E-state index contributed by atoms with van der Waals surface area (Å²) in [7, 11) is 0. The second-order valence-electron chi connectivity index (χ2n) is 5.21. The Morgan fingerprint density at radius 1 is 1.33 bits per heavy atom. The van der Waals surface area contributed by atoms with Gasteiger partial charge >= 0.3 is 0 Å². The average Bonchev–Trinajstić information content (AvgIpc) is 2.93. The second-order valence-corrected chi connectivity index (χ2v) is 5.21. The number of hydrogen-bond donors (Lipinski definition) is 2. The first-order valence-electron chi connectivity index (χ1n) is 5.63. The summed E-state index contributed by atoms with van der Waals surface area (Å²) >= 11 is 0. The lowest BCUT2D eigenvalue weighted by Crippen LogP contribution is -2.33. The van der Waals surface area contributed by atoms with Gasteiger partial charge < -0.3 is 11.1 Å². The van der Waals surface area contributed by atoms with E-state index in [4.69, 9.17) is 5.73 Å². The SMILES string of the molecule is Cc1ccc(N)c(NC(C)(C)C2CC2)c1. The van der Waals surface area contributed by atoms with Gasteiger partial charge in [-0.1, -0.05) is 6.07 Å². The molecule has 1 aliphatic carbocycles. The Bertz CT molecular complexity index is 365. The van der Waals surface area contributed by atoms with E-state index in [9.17, 15) is 0 Å². The molecule has 1 aliphatic rings. The van der Waals surface area contributed by atoms with Gasteiger partial charge in [0.2, 0.25) is 0 Å². The van der Waals surface area contributed by atoms with Crippen LogP contribution < -0.4 is 11.1 Å². The van der Waals surface area contributed by atoms with E-state index in [1.165, 1.54) is 18.4 Å². The maximum Gasteiger partial charge on any atom is 0.0580 e. The number of anilines is 2. The van der Waals surface area contributed by atoms with Crippen LogP contribution in [0.1, 0.15) is 32.3 Å². The van der Waals surface area contributed by atoms with Crippen LogP contribution in [0.3, 0.4) is 0 Å². The number of nitrogens with two attached hydrogens (primary N) is 1. The summed E-state index contributed by atoms with van der Waals surface area (Å²) in [5.41, 5.74) is 9.29. The fourth-order valence-electron chi connectivity index (χ4n) is 2.03. The molecule has 2 heteroatoms. The molecule has 0 aromatic heterocycles. The van der Waals surface area contributed by atoms with E-state index in [1.807, 2.05) is 12.1 Å². The molecule has 0 unspecified atom stereocenters. The Balaban J connectivity index is 2.19. The molecule has 1 saturated carbocycles. The Kier molecular flexibility index (Phi) is 2.37. The molecule has 82 valence electrons. The van der Waals surface area contributed by atoms with Gasteiger partial charge in [0.1, 0.15) is 0 Å². The van der Waals surface area contributed by atoms with Crippen molar-refractivity contribution in [2.45, 2.75) is 39.2 Å². The van der Waals surface area contributed by atoms with Gasteiger partial charge in [-0.2, -0.15) is 0 Å². The summed E-state index contributed by atoms with van der Waals surface area (Å²) < 4.78 is 0. The maximum absolute atomic E-state index is 5.95. The third kappa shape index (κ3) is 2.25. The number of aryl methyl sites for hydroxylation is 1. The van der Waals surface area contributed by atoms with Crippen molar-refractivity contribution in [3.63, 3.8) is 0 Å². The standard InChI is InChI=1S/C13H20N2/c1-9-4-7-11(14)12(8-9)15-13(2,3)10-5-6-10/h4,7-8,10,15H,5-6,14H2,1-3H3. The lowest BCUT2D eigenvalue weighted by molar-refractivity contribution is 0.495. The number of benzene rings is 1. The minimum atomic E-state index is 0.169. The number of nitrogens with one attached hydrogen (secondary N) is 1. The zero-order chi connectivity index (χ0) is 11.1. The largest absolute Gasteiger partial charge is 0.397 e. The van der Waals surface area contributed by atoms with E-state index < -0.39 is 0 Å². The van der Waals surface area contributed by atoms with Crippen LogP contribution in [-0.2, 0) is 0 Å². The molecule has 0 atom stereocenters. The van der Waals surface area contributed by atoms with Crippen LogP contribution in [0.2, 0.25) is 0 Å². The van der Waals surface area contributed by atoms with Crippen LogP contribution in [0.15, 0.2) is 18.2 Å². The van der Waals surface area contributed by atoms with E-state index in [-0.39, 0.29) is 5.54 Å². The average molecular weight is 204 g/mol. The molecule has 0 saturated heterocycles. The minimum absolute atomic E-state index is 0.169. The van der Waals surface area contributed by atoms with Gasteiger partial charge in [0.05, 0.1) is 11.4 Å². The zero-order valence-corrected chi connectivity index (χ0v) is 9.80. The lowest BCUT2D eigenvalue weighted by Gasteiger charge is -2.28. The van der Waals surface area contributed by atoms with Gasteiger partial charge in [0.25, 0.3) is 0 Å². The molecule has 1 aromatic rings.